The Bertz CT molecular complexity index is 436. The topological polar surface area (TPSA) is 51.6 Å². The average Bonchev–Trinajstić information content (AvgIpc) is 2.75. The van der Waals surface area contributed by atoms with Gasteiger partial charge in [0.15, 0.2) is 0 Å². The Morgan fingerprint density at radius 3 is 0.440 bits per heavy atom. The normalized spacial score (nSPS) is 7.68. The first-order chi connectivity index (χ1) is 12.0. The molecule has 0 aromatic carbocycles. The summed E-state index contributed by atoms with van der Waals surface area (Å²) in [4.78, 5) is 15.1. The van der Waals surface area contributed by atoms with Gasteiger partial charge in [-0.25, -0.2) is 0 Å². The van der Waals surface area contributed by atoms with E-state index in [9.17, 15) is 0 Å². The fourth-order valence-electron chi connectivity index (χ4n) is 1.25. The van der Waals surface area contributed by atoms with Gasteiger partial charge in [0.2, 0.25) is 0 Å². The number of nitrogens with zero attached hydrogens (tertiary/aromatic N) is 4. The van der Waals surface area contributed by atoms with E-state index in [-0.39, 0.29) is 17.1 Å². The molecule has 0 spiro atoms. The number of pyridine rings is 4. The monoisotopic (exact) mass is 379 g/mol. The third-order valence-corrected chi connectivity index (χ3v) is 2.27. The second kappa shape index (κ2) is 19.2. The molecule has 0 saturated heterocycles. The van der Waals surface area contributed by atoms with Crippen LogP contribution in [0.25, 0.3) is 0 Å². The third-order valence-electron chi connectivity index (χ3n) is 2.27. The second-order valence-corrected chi connectivity index (χ2v) is 4.10. The third kappa shape index (κ3) is 17.3. The average molecular weight is 380 g/mol. The molecule has 4 rings (SSSR count). The van der Waals surface area contributed by atoms with Crippen LogP contribution in [0.4, 0.5) is 0 Å². The molecule has 5 heteroatoms. The zero-order valence-corrected chi connectivity index (χ0v) is 14.6. The van der Waals surface area contributed by atoms with E-state index >= 15 is 0 Å². The van der Waals surface area contributed by atoms with E-state index in [4.69, 9.17) is 0 Å². The minimum absolute atomic E-state index is 0. The summed E-state index contributed by atoms with van der Waals surface area (Å²) in [5, 5.41) is 0. The Kier molecular flexibility index (Phi) is 17.0. The van der Waals surface area contributed by atoms with Crippen molar-refractivity contribution in [3.05, 3.63) is 122 Å². The van der Waals surface area contributed by atoms with Crippen LogP contribution in [0.15, 0.2) is 122 Å². The Morgan fingerprint density at radius 2 is 0.400 bits per heavy atom. The molecule has 0 saturated carbocycles. The molecule has 0 fully saturated rings. The van der Waals surface area contributed by atoms with Crippen molar-refractivity contribution in [1.29, 1.82) is 0 Å². The van der Waals surface area contributed by atoms with Crippen molar-refractivity contribution in [2.24, 2.45) is 0 Å². The molecule has 0 unspecified atom stereocenters. The Morgan fingerprint density at radius 1 is 0.240 bits per heavy atom. The van der Waals surface area contributed by atoms with E-state index in [0.29, 0.717) is 0 Å². The van der Waals surface area contributed by atoms with Crippen LogP contribution in [0.5, 0.6) is 0 Å². The van der Waals surface area contributed by atoms with Crippen molar-refractivity contribution in [1.82, 2.24) is 19.9 Å². The van der Waals surface area contributed by atoms with Gasteiger partial charge in [0.1, 0.15) is 0 Å². The van der Waals surface area contributed by atoms with Crippen LogP contribution in [0.3, 0.4) is 0 Å². The quantitative estimate of drug-likeness (QED) is 0.427. The van der Waals surface area contributed by atoms with Crippen molar-refractivity contribution in [3.8, 4) is 0 Å². The van der Waals surface area contributed by atoms with E-state index < -0.39 is 0 Å². The first kappa shape index (κ1) is 22.1. The molecule has 25 heavy (non-hydrogen) atoms. The van der Waals surface area contributed by atoms with Crippen LogP contribution < -0.4 is 0 Å². The van der Waals surface area contributed by atoms with Crippen molar-refractivity contribution in [2.45, 2.75) is 0 Å². The predicted octanol–water partition coefficient (Wildman–Crippen LogP) is 4.32. The standard InChI is InChI=1S/4C5H5N.Cu/c4*1-2-4-6-5-3-1;/h4*1-5H;. The van der Waals surface area contributed by atoms with E-state index in [1.807, 2.05) is 72.8 Å². The largest absolute Gasteiger partial charge is 0.265 e. The first-order valence-electron chi connectivity index (χ1n) is 7.40. The fourth-order valence-corrected chi connectivity index (χ4v) is 1.25. The molecule has 0 atom stereocenters. The Balaban J connectivity index is 0.000000303. The second-order valence-electron chi connectivity index (χ2n) is 4.10. The molecule has 0 aliphatic rings. The van der Waals surface area contributed by atoms with Gasteiger partial charge in [0.05, 0.1) is 0 Å². The van der Waals surface area contributed by atoms with Gasteiger partial charge >= 0.3 is 0 Å². The molecule has 4 heterocycles. The minimum atomic E-state index is 0. The number of rotatable bonds is 0. The van der Waals surface area contributed by atoms with E-state index in [0.717, 1.165) is 0 Å². The molecule has 0 aliphatic carbocycles. The van der Waals surface area contributed by atoms with Gasteiger partial charge in [0.25, 0.3) is 0 Å². The SMILES string of the molecule is [Cu].c1ccncc1.c1ccncc1.c1ccncc1.c1ccncc1. The predicted molar refractivity (Wildman–Crippen MR) is 96.9 cm³/mol. The molecule has 0 aliphatic heterocycles. The molecule has 4 nitrogen and oxygen atoms in total. The number of hydrogen-bond donors (Lipinski definition) is 0. The molecule has 4 aromatic heterocycles. The first-order valence-corrected chi connectivity index (χ1v) is 7.40. The summed E-state index contributed by atoms with van der Waals surface area (Å²) >= 11 is 0. The Hall–Kier alpha value is -2.88. The zero-order valence-electron chi connectivity index (χ0n) is 13.6. The molecule has 0 amide bonds. The van der Waals surface area contributed by atoms with Crippen molar-refractivity contribution >= 4 is 0 Å². The van der Waals surface area contributed by atoms with Crippen LogP contribution >= 0.6 is 0 Å². The van der Waals surface area contributed by atoms with Gasteiger partial charge in [-0.1, -0.05) is 24.3 Å². The van der Waals surface area contributed by atoms with Crippen LogP contribution in [0, 0.1) is 0 Å². The van der Waals surface area contributed by atoms with Gasteiger partial charge in [-0.15, -0.1) is 0 Å². The molecule has 0 bridgehead atoms. The van der Waals surface area contributed by atoms with E-state index in [1.165, 1.54) is 0 Å². The van der Waals surface area contributed by atoms with Crippen LogP contribution in [0.1, 0.15) is 0 Å². The van der Waals surface area contributed by atoms with Crippen molar-refractivity contribution < 1.29 is 17.1 Å². The molecule has 1 radical (unpaired) electrons. The van der Waals surface area contributed by atoms with Crippen LogP contribution in [0.2, 0.25) is 0 Å². The maximum absolute atomic E-state index is 3.78. The van der Waals surface area contributed by atoms with Crippen LogP contribution in [-0.2, 0) is 17.1 Å². The number of aromatic nitrogens is 4. The summed E-state index contributed by atoms with van der Waals surface area (Å²) in [7, 11) is 0. The summed E-state index contributed by atoms with van der Waals surface area (Å²) in [6.07, 6.45) is 14.0. The smallest absolute Gasteiger partial charge is 0.0267 e. The molecule has 4 aromatic rings. The van der Waals surface area contributed by atoms with Gasteiger partial charge in [-0.2, -0.15) is 0 Å². The summed E-state index contributed by atoms with van der Waals surface area (Å²) in [6.45, 7) is 0. The Labute approximate surface area is 159 Å². The molecule has 131 valence electrons. The zero-order chi connectivity index (χ0) is 17.0. The number of hydrogen-bond acceptors (Lipinski definition) is 4. The van der Waals surface area contributed by atoms with Gasteiger partial charge in [-0.05, 0) is 48.5 Å². The fraction of sp³-hybridized carbons (Fsp3) is 0. The molecule has 0 N–H and O–H groups in total. The van der Waals surface area contributed by atoms with E-state index in [2.05, 4.69) is 19.9 Å². The summed E-state index contributed by atoms with van der Waals surface area (Å²) in [5.74, 6) is 0. The minimum Gasteiger partial charge on any atom is -0.265 e. The molecular formula is C20H20CuN4. The van der Waals surface area contributed by atoms with Gasteiger partial charge in [-0.3, -0.25) is 19.9 Å². The van der Waals surface area contributed by atoms with Gasteiger partial charge < -0.3 is 0 Å². The summed E-state index contributed by atoms with van der Waals surface area (Å²) < 4.78 is 0. The van der Waals surface area contributed by atoms with Gasteiger partial charge in [0, 0.05) is 66.6 Å². The summed E-state index contributed by atoms with van der Waals surface area (Å²) in [6, 6.07) is 22.9. The van der Waals surface area contributed by atoms with E-state index in [1.54, 1.807) is 49.6 Å². The molecular weight excluding hydrogens is 360 g/mol. The van der Waals surface area contributed by atoms with Crippen LogP contribution in [-0.4, -0.2) is 19.9 Å². The van der Waals surface area contributed by atoms with Crippen molar-refractivity contribution in [3.63, 3.8) is 0 Å². The maximum Gasteiger partial charge on any atom is 0.0267 e. The maximum atomic E-state index is 3.78. The van der Waals surface area contributed by atoms with Crippen molar-refractivity contribution in [2.75, 3.05) is 0 Å². The summed E-state index contributed by atoms with van der Waals surface area (Å²) in [5.41, 5.74) is 0.